The first-order chi connectivity index (χ1) is 12.0. The number of hydrogen-bond donors (Lipinski definition) is 0. The van der Waals surface area contributed by atoms with Gasteiger partial charge >= 0.3 is 0 Å². The normalized spacial score (nSPS) is 18.1. The number of rotatable bonds is 3. The topological polar surface area (TPSA) is 47.4 Å². The van der Waals surface area contributed by atoms with Crippen LogP contribution in [-0.4, -0.2) is 46.5 Å². The Morgan fingerprint density at radius 2 is 2.16 bits per heavy atom. The van der Waals surface area contributed by atoms with Crippen LogP contribution in [-0.2, 0) is 7.05 Å². The molecule has 134 valence electrons. The molecule has 2 aromatic rings. The lowest BCUT2D eigenvalue weighted by Gasteiger charge is -2.20. The molecule has 0 spiro atoms. The molecule has 2 heterocycles. The van der Waals surface area contributed by atoms with Crippen molar-refractivity contribution in [3.63, 3.8) is 0 Å². The van der Waals surface area contributed by atoms with Crippen molar-refractivity contribution in [2.45, 2.75) is 11.7 Å². The van der Waals surface area contributed by atoms with Gasteiger partial charge in [0.25, 0.3) is 5.91 Å². The lowest BCUT2D eigenvalue weighted by molar-refractivity contribution is 0.0763. The predicted molar refractivity (Wildman–Crippen MR) is 91.8 cm³/mol. The average Bonchev–Trinajstić information content (AvgIpc) is 2.81. The van der Waals surface area contributed by atoms with Gasteiger partial charge in [-0.1, -0.05) is 0 Å². The number of carbonyl (C=O) groups is 1. The minimum atomic E-state index is -0.450. The van der Waals surface area contributed by atoms with Gasteiger partial charge in [-0.05, 0) is 24.6 Å². The molecular weight excluding hydrogens is 348 g/mol. The predicted octanol–water partition coefficient (Wildman–Crippen LogP) is 3.03. The van der Waals surface area contributed by atoms with E-state index in [0.29, 0.717) is 36.4 Å². The van der Waals surface area contributed by atoms with Crippen LogP contribution in [0.1, 0.15) is 27.6 Å². The Hall–Kier alpha value is -2.09. The molecule has 1 atom stereocenters. The molecule has 1 aromatic carbocycles. The highest BCUT2D eigenvalue weighted by Crippen LogP contribution is 2.36. The first-order valence-corrected chi connectivity index (χ1v) is 8.98. The highest BCUT2D eigenvalue weighted by atomic mass is 32.2. The van der Waals surface area contributed by atoms with E-state index in [1.807, 2.05) is 0 Å². The molecule has 1 saturated heterocycles. The summed E-state index contributed by atoms with van der Waals surface area (Å²) >= 11 is 1.54. The van der Waals surface area contributed by atoms with Crippen LogP contribution >= 0.6 is 11.8 Å². The number of aryl methyl sites for hydroxylation is 1. The number of halogens is 2. The first kappa shape index (κ1) is 17.7. The summed E-state index contributed by atoms with van der Waals surface area (Å²) in [5.41, 5.74) is 0.767. The second kappa shape index (κ2) is 7.43. The number of methoxy groups -OCH3 is 1. The zero-order valence-electron chi connectivity index (χ0n) is 14.0. The molecule has 0 saturated carbocycles. The van der Waals surface area contributed by atoms with E-state index in [4.69, 9.17) is 4.74 Å². The maximum Gasteiger partial charge on any atom is 0.261 e. The van der Waals surface area contributed by atoms with Crippen molar-refractivity contribution in [2.24, 2.45) is 7.05 Å². The molecule has 0 aliphatic carbocycles. The van der Waals surface area contributed by atoms with Crippen LogP contribution in [0.2, 0.25) is 0 Å². The largest absolute Gasteiger partial charge is 0.479 e. The summed E-state index contributed by atoms with van der Waals surface area (Å²) in [5.74, 6) is -0.0838. The van der Waals surface area contributed by atoms with Gasteiger partial charge in [0.05, 0.1) is 7.11 Å². The van der Waals surface area contributed by atoms with E-state index in [2.05, 4.69) is 5.10 Å². The molecule has 0 N–H and O–H groups in total. The van der Waals surface area contributed by atoms with Crippen molar-refractivity contribution in [1.29, 1.82) is 0 Å². The fourth-order valence-electron chi connectivity index (χ4n) is 2.92. The number of ether oxygens (including phenoxy) is 1. The SMILES string of the molecule is COc1nn(C)cc1C(=O)N1CCSC(c2cc(F)ccc2F)CC1. The minimum absolute atomic E-state index is 0.161. The van der Waals surface area contributed by atoms with Crippen LogP contribution < -0.4 is 4.74 Å². The van der Waals surface area contributed by atoms with Crippen LogP contribution in [0.5, 0.6) is 5.88 Å². The van der Waals surface area contributed by atoms with Gasteiger partial charge < -0.3 is 9.64 Å². The molecule has 1 unspecified atom stereocenters. The average molecular weight is 367 g/mol. The standard InChI is InChI=1S/C17H19F2N3O2S/c1-21-10-13(16(20-21)24-2)17(23)22-6-5-15(25-8-7-22)12-9-11(18)3-4-14(12)19/h3-4,9-10,15H,5-8H2,1-2H3. The van der Waals surface area contributed by atoms with E-state index in [9.17, 15) is 13.6 Å². The molecule has 1 aliphatic rings. The Labute approximate surface area is 148 Å². The van der Waals surface area contributed by atoms with E-state index in [1.165, 1.54) is 29.6 Å². The fraction of sp³-hybridized carbons (Fsp3) is 0.412. The number of nitrogens with zero attached hydrogens (tertiary/aromatic N) is 3. The van der Waals surface area contributed by atoms with Crippen LogP contribution in [0, 0.1) is 11.6 Å². The Morgan fingerprint density at radius 3 is 2.92 bits per heavy atom. The maximum absolute atomic E-state index is 14.0. The number of aromatic nitrogens is 2. The monoisotopic (exact) mass is 367 g/mol. The smallest absolute Gasteiger partial charge is 0.261 e. The molecule has 0 radical (unpaired) electrons. The molecule has 1 fully saturated rings. The third-order valence-corrected chi connectivity index (χ3v) is 5.46. The summed E-state index contributed by atoms with van der Waals surface area (Å²) in [7, 11) is 3.19. The third kappa shape index (κ3) is 3.78. The zero-order chi connectivity index (χ0) is 18.0. The summed E-state index contributed by atoms with van der Waals surface area (Å²) < 4.78 is 34.2. The van der Waals surface area contributed by atoms with Crippen LogP contribution in [0.25, 0.3) is 0 Å². The molecule has 1 aromatic heterocycles. The maximum atomic E-state index is 14.0. The van der Waals surface area contributed by atoms with Crippen molar-refractivity contribution in [3.05, 3.63) is 47.2 Å². The molecule has 8 heteroatoms. The van der Waals surface area contributed by atoms with E-state index in [1.54, 1.807) is 18.1 Å². The van der Waals surface area contributed by atoms with E-state index >= 15 is 0 Å². The highest BCUT2D eigenvalue weighted by molar-refractivity contribution is 7.99. The minimum Gasteiger partial charge on any atom is -0.479 e. The second-order valence-corrected chi connectivity index (χ2v) is 7.14. The second-order valence-electron chi connectivity index (χ2n) is 5.83. The molecule has 5 nitrogen and oxygen atoms in total. The Morgan fingerprint density at radius 1 is 1.36 bits per heavy atom. The van der Waals surface area contributed by atoms with Crippen molar-refractivity contribution in [3.8, 4) is 5.88 Å². The summed E-state index contributed by atoms with van der Waals surface area (Å²) in [6, 6.07) is 3.51. The summed E-state index contributed by atoms with van der Waals surface area (Å²) in [4.78, 5) is 14.5. The lowest BCUT2D eigenvalue weighted by atomic mass is 10.1. The van der Waals surface area contributed by atoms with E-state index in [-0.39, 0.29) is 17.0 Å². The summed E-state index contributed by atoms with van der Waals surface area (Å²) in [5, 5.41) is 3.93. The summed E-state index contributed by atoms with van der Waals surface area (Å²) in [6.07, 6.45) is 2.18. The Kier molecular flexibility index (Phi) is 5.27. The molecule has 0 bridgehead atoms. The van der Waals surface area contributed by atoms with Crippen molar-refractivity contribution in [2.75, 3.05) is 26.0 Å². The quantitative estimate of drug-likeness (QED) is 0.837. The van der Waals surface area contributed by atoms with Gasteiger partial charge in [-0.2, -0.15) is 11.8 Å². The van der Waals surface area contributed by atoms with Gasteiger partial charge in [0, 0.05) is 42.9 Å². The number of amides is 1. The summed E-state index contributed by atoms with van der Waals surface area (Å²) in [6.45, 7) is 0.999. The van der Waals surface area contributed by atoms with Gasteiger partial charge in [0.1, 0.15) is 17.2 Å². The first-order valence-electron chi connectivity index (χ1n) is 7.93. The molecular formula is C17H19F2N3O2S. The van der Waals surface area contributed by atoms with Crippen LogP contribution in [0.15, 0.2) is 24.4 Å². The lowest BCUT2D eigenvalue weighted by Crippen LogP contribution is -2.33. The van der Waals surface area contributed by atoms with Gasteiger partial charge in [0.2, 0.25) is 5.88 Å². The number of thioether (sulfide) groups is 1. The van der Waals surface area contributed by atoms with Crippen LogP contribution in [0.3, 0.4) is 0 Å². The molecule has 1 amide bonds. The number of carbonyl (C=O) groups excluding carboxylic acids is 1. The van der Waals surface area contributed by atoms with Gasteiger partial charge in [-0.15, -0.1) is 5.10 Å². The number of hydrogen-bond acceptors (Lipinski definition) is 4. The van der Waals surface area contributed by atoms with Crippen molar-refractivity contribution >= 4 is 17.7 Å². The third-order valence-electron chi connectivity index (χ3n) is 4.15. The van der Waals surface area contributed by atoms with Gasteiger partial charge in [-0.25, -0.2) is 8.78 Å². The van der Waals surface area contributed by atoms with Crippen molar-refractivity contribution < 1.29 is 18.3 Å². The van der Waals surface area contributed by atoms with E-state index in [0.717, 1.165) is 12.1 Å². The Bertz CT molecular complexity index is 781. The highest BCUT2D eigenvalue weighted by Gasteiger charge is 2.27. The molecule has 25 heavy (non-hydrogen) atoms. The molecule has 3 rings (SSSR count). The number of benzene rings is 1. The van der Waals surface area contributed by atoms with E-state index < -0.39 is 11.6 Å². The van der Waals surface area contributed by atoms with Crippen molar-refractivity contribution in [1.82, 2.24) is 14.7 Å². The zero-order valence-corrected chi connectivity index (χ0v) is 14.9. The fourth-order valence-corrected chi connectivity index (χ4v) is 4.16. The van der Waals surface area contributed by atoms with Gasteiger partial charge in [0.15, 0.2) is 0 Å². The molecule has 1 aliphatic heterocycles. The Balaban J connectivity index is 1.75. The van der Waals surface area contributed by atoms with Gasteiger partial charge in [-0.3, -0.25) is 9.48 Å². The van der Waals surface area contributed by atoms with Crippen LogP contribution in [0.4, 0.5) is 8.78 Å².